The summed E-state index contributed by atoms with van der Waals surface area (Å²) in [6, 6.07) is 0.741. The van der Waals surface area contributed by atoms with Gasteiger partial charge in [-0.25, -0.2) is 22.2 Å². The lowest BCUT2D eigenvalue weighted by Gasteiger charge is -2.10. The minimum atomic E-state index is -4.16. The van der Waals surface area contributed by atoms with Crippen molar-refractivity contribution >= 4 is 19.7 Å². The maximum absolute atomic E-state index is 12.6. The average Bonchev–Trinajstić information content (AvgIpc) is 2.15. The van der Waals surface area contributed by atoms with E-state index < -0.39 is 26.1 Å². The molecular formula is C8H8ClF2NO3S. The van der Waals surface area contributed by atoms with E-state index in [4.69, 9.17) is 15.4 Å². The van der Waals surface area contributed by atoms with Crippen molar-refractivity contribution in [3.8, 4) is 5.88 Å². The Morgan fingerprint density at radius 3 is 2.44 bits per heavy atom. The molecule has 4 nitrogen and oxygen atoms in total. The van der Waals surface area contributed by atoms with Crippen molar-refractivity contribution in [2.24, 2.45) is 0 Å². The Bertz CT molecular complexity index is 504. The highest BCUT2D eigenvalue weighted by atomic mass is 35.7. The van der Waals surface area contributed by atoms with Crippen LogP contribution in [0.25, 0.3) is 0 Å². The lowest BCUT2D eigenvalue weighted by molar-refractivity contribution is 0.149. The number of hydrogen-bond acceptors (Lipinski definition) is 4. The van der Waals surface area contributed by atoms with E-state index in [0.717, 1.165) is 6.07 Å². The molecule has 0 aliphatic carbocycles. The molecule has 0 bridgehead atoms. The van der Waals surface area contributed by atoms with E-state index in [-0.39, 0.29) is 11.4 Å². The van der Waals surface area contributed by atoms with Gasteiger partial charge in [0.05, 0.1) is 7.11 Å². The normalized spacial score (nSPS) is 11.9. The average molecular weight is 272 g/mol. The number of ether oxygens (including phenoxy) is 1. The monoisotopic (exact) mass is 271 g/mol. The first kappa shape index (κ1) is 13.1. The first-order chi connectivity index (χ1) is 7.27. The molecule has 16 heavy (non-hydrogen) atoms. The van der Waals surface area contributed by atoms with Crippen LogP contribution in [-0.4, -0.2) is 20.5 Å². The minimum absolute atomic E-state index is 0.0848. The van der Waals surface area contributed by atoms with Gasteiger partial charge in [0, 0.05) is 21.8 Å². The van der Waals surface area contributed by atoms with Crippen molar-refractivity contribution in [2.75, 3.05) is 7.11 Å². The molecule has 0 saturated carbocycles. The van der Waals surface area contributed by atoms with Crippen LogP contribution >= 0.6 is 10.7 Å². The van der Waals surface area contributed by atoms with Gasteiger partial charge < -0.3 is 4.74 Å². The van der Waals surface area contributed by atoms with Crippen LogP contribution in [-0.2, 0) is 9.05 Å². The molecule has 1 rings (SSSR count). The lowest BCUT2D eigenvalue weighted by Crippen LogP contribution is -2.03. The van der Waals surface area contributed by atoms with Crippen LogP contribution in [0.3, 0.4) is 0 Å². The van der Waals surface area contributed by atoms with Gasteiger partial charge in [-0.2, -0.15) is 0 Å². The van der Waals surface area contributed by atoms with Crippen molar-refractivity contribution in [3.63, 3.8) is 0 Å². The molecule has 0 N–H and O–H groups in total. The van der Waals surface area contributed by atoms with Gasteiger partial charge >= 0.3 is 0 Å². The van der Waals surface area contributed by atoms with Gasteiger partial charge in [0.15, 0.2) is 5.03 Å². The van der Waals surface area contributed by atoms with Crippen LogP contribution in [0.5, 0.6) is 5.88 Å². The van der Waals surface area contributed by atoms with Gasteiger partial charge in [-0.1, -0.05) is 0 Å². The Hall–Kier alpha value is -0.950. The van der Waals surface area contributed by atoms with Crippen LogP contribution in [0.2, 0.25) is 0 Å². The highest BCUT2D eigenvalue weighted by Gasteiger charge is 2.22. The summed E-state index contributed by atoms with van der Waals surface area (Å²) in [6.07, 6.45) is -2.82. The largest absolute Gasteiger partial charge is 0.481 e. The second-order valence-electron chi connectivity index (χ2n) is 2.92. The van der Waals surface area contributed by atoms with Crippen molar-refractivity contribution in [2.45, 2.75) is 18.4 Å². The third-order valence-electron chi connectivity index (χ3n) is 1.92. The summed E-state index contributed by atoms with van der Waals surface area (Å²) in [7, 11) is 2.07. The van der Waals surface area contributed by atoms with Crippen LogP contribution in [0, 0.1) is 6.92 Å². The summed E-state index contributed by atoms with van der Waals surface area (Å²) in [6.45, 7) is 1.36. The number of hydrogen-bond donors (Lipinski definition) is 0. The number of pyridine rings is 1. The summed E-state index contributed by atoms with van der Waals surface area (Å²) in [5.41, 5.74) is -0.382. The zero-order chi connectivity index (χ0) is 12.5. The standard InChI is InChI=1S/C8H8ClF2NO3S/c1-4-5(7(10)11)3-6(16(9,13)14)12-8(4)15-2/h3,7H,1-2H3. The maximum atomic E-state index is 12.6. The molecule has 1 aromatic rings. The van der Waals surface area contributed by atoms with Crippen molar-refractivity contribution in [1.82, 2.24) is 4.98 Å². The number of halogens is 3. The summed E-state index contributed by atoms with van der Waals surface area (Å²) >= 11 is 0. The van der Waals surface area contributed by atoms with E-state index in [1.165, 1.54) is 14.0 Å². The Kier molecular flexibility index (Phi) is 3.69. The van der Waals surface area contributed by atoms with E-state index in [9.17, 15) is 17.2 Å². The van der Waals surface area contributed by atoms with E-state index in [1.807, 2.05) is 0 Å². The number of nitrogens with zero attached hydrogens (tertiary/aromatic N) is 1. The number of aromatic nitrogens is 1. The molecule has 0 saturated heterocycles. The minimum Gasteiger partial charge on any atom is -0.481 e. The first-order valence-corrected chi connectivity index (χ1v) is 6.36. The van der Waals surface area contributed by atoms with E-state index >= 15 is 0 Å². The van der Waals surface area contributed by atoms with Crippen LogP contribution < -0.4 is 4.74 Å². The molecule has 0 unspecified atom stereocenters. The second-order valence-corrected chi connectivity index (χ2v) is 5.44. The van der Waals surface area contributed by atoms with Crippen molar-refractivity contribution < 1.29 is 21.9 Å². The van der Waals surface area contributed by atoms with Gasteiger partial charge in [0.25, 0.3) is 15.5 Å². The van der Waals surface area contributed by atoms with Gasteiger partial charge in [-0.05, 0) is 13.0 Å². The fraction of sp³-hybridized carbons (Fsp3) is 0.375. The first-order valence-electron chi connectivity index (χ1n) is 4.05. The zero-order valence-electron chi connectivity index (χ0n) is 8.37. The Balaban J connectivity index is 3.53. The molecule has 0 aliphatic heterocycles. The van der Waals surface area contributed by atoms with E-state index in [2.05, 4.69) is 4.98 Å². The Morgan fingerprint density at radius 1 is 1.50 bits per heavy atom. The summed E-state index contributed by atoms with van der Waals surface area (Å²) in [5, 5.41) is -0.646. The Labute approximate surface area is 95.6 Å². The molecule has 1 heterocycles. The molecule has 1 aromatic heterocycles. The molecule has 0 fully saturated rings. The smallest absolute Gasteiger partial charge is 0.278 e. The van der Waals surface area contributed by atoms with E-state index in [0.29, 0.717) is 0 Å². The van der Waals surface area contributed by atoms with Gasteiger partial charge in [0.2, 0.25) is 5.88 Å². The van der Waals surface area contributed by atoms with Gasteiger partial charge in [-0.15, -0.1) is 0 Å². The summed E-state index contributed by atoms with van der Waals surface area (Å²) < 4.78 is 51.9. The lowest BCUT2D eigenvalue weighted by atomic mass is 10.1. The fourth-order valence-electron chi connectivity index (χ4n) is 1.13. The molecule has 90 valence electrons. The molecule has 0 atom stereocenters. The fourth-order valence-corrected chi connectivity index (χ4v) is 1.83. The molecule has 8 heteroatoms. The summed E-state index contributed by atoms with van der Waals surface area (Å²) in [4.78, 5) is 3.53. The predicted molar refractivity (Wildman–Crippen MR) is 53.5 cm³/mol. The molecule has 0 radical (unpaired) electrons. The topological polar surface area (TPSA) is 56.3 Å². The van der Waals surface area contributed by atoms with Crippen molar-refractivity contribution in [1.29, 1.82) is 0 Å². The van der Waals surface area contributed by atoms with Crippen molar-refractivity contribution in [3.05, 3.63) is 17.2 Å². The SMILES string of the molecule is COc1nc(S(=O)(=O)Cl)cc(C(F)F)c1C. The van der Waals surface area contributed by atoms with Gasteiger partial charge in [-0.3, -0.25) is 0 Å². The zero-order valence-corrected chi connectivity index (χ0v) is 9.94. The molecule has 0 spiro atoms. The number of alkyl halides is 2. The Morgan fingerprint density at radius 2 is 2.06 bits per heavy atom. The second kappa shape index (κ2) is 4.50. The highest BCUT2D eigenvalue weighted by Crippen LogP contribution is 2.30. The molecule has 0 amide bonds. The molecule has 0 aliphatic rings. The molecule has 0 aromatic carbocycles. The van der Waals surface area contributed by atoms with Gasteiger partial charge in [0.1, 0.15) is 0 Å². The molecular weight excluding hydrogens is 264 g/mol. The summed E-state index contributed by atoms with van der Waals surface area (Å²) in [5.74, 6) is -0.183. The third-order valence-corrected chi connectivity index (χ3v) is 3.11. The van der Waals surface area contributed by atoms with Crippen LogP contribution in [0.1, 0.15) is 17.6 Å². The number of rotatable bonds is 3. The quantitative estimate of drug-likeness (QED) is 0.792. The number of methoxy groups -OCH3 is 1. The predicted octanol–water partition coefficient (Wildman–Crippen LogP) is 2.26. The maximum Gasteiger partial charge on any atom is 0.278 e. The highest BCUT2D eigenvalue weighted by molar-refractivity contribution is 8.13. The third kappa shape index (κ3) is 2.59. The van der Waals surface area contributed by atoms with Crippen LogP contribution in [0.15, 0.2) is 11.1 Å². The van der Waals surface area contributed by atoms with Crippen LogP contribution in [0.4, 0.5) is 8.78 Å². The van der Waals surface area contributed by atoms with E-state index in [1.54, 1.807) is 0 Å².